The Morgan fingerprint density at radius 2 is 2.28 bits per heavy atom. The van der Waals surface area contributed by atoms with E-state index in [1.165, 1.54) is 16.8 Å². The first kappa shape index (κ1) is 12.6. The monoisotopic (exact) mass is 252 g/mol. The van der Waals surface area contributed by atoms with Gasteiger partial charge < -0.3 is 10.2 Å². The molecule has 0 unspecified atom stereocenters. The summed E-state index contributed by atoms with van der Waals surface area (Å²) in [6.07, 6.45) is 1.34. The number of aromatic nitrogens is 2. The van der Waals surface area contributed by atoms with Crippen molar-refractivity contribution in [1.29, 1.82) is 0 Å². The van der Waals surface area contributed by atoms with Crippen molar-refractivity contribution in [2.75, 3.05) is 19.6 Å². The number of nitrogens with one attached hydrogen (secondary N) is 2. The lowest BCUT2D eigenvalue weighted by atomic mass is 10.2. The molecule has 0 bridgehead atoms. The minimum Gasteiger partial charge on any atom is -0.336 e. The molecule has 1 amide bonds. The molecular weight excluding hydrogens is 236 g/mol. The Morgan fingerprint density at radius 1 is 1.50 bits per heavy atom. The molecule has 2 heterocycles. The van der Waals surface area contributed by atoms with Gasteiger partial charge in [-0.1, -0.05) is 0 Å². The zero-order chi connectivity index (χ0) is 13.1. The summed E-state index contributed by atoms with van der Waals surface area (Å²) in [6.45, 7) is 4.07. The first-order valence-corrected chi connectivity index (χ1v) is 5.88. The van der Waals surface area contributed by atoms with Gasteiger partial charge >= 0.3 is 5.69 Å². The molecule has 2 rings (SSSR count). The fourth-order valence-electron chi connectivity index (χ4n) is 2.02. The second-order valence-electron chi connectivity index (χ2n) is 4.38. The highest BCUT2D eigenvalue weighted by Crippen LogP contribution is 2.03. The third kappa shape index (κ3) is 2.67. The molecule has 0 radical (unpaired) electrons. The van der Waals surface area contributed by atoms with Gasteiger partial charge in [0.2, 0.25) is 5.91 Å². The smallest absolute Gasteiger partial charge is 0.328 e. The van der Waals surface area contributed by atoms with Crippen molar-refractivity contribution in [2.24, 2.45) is 0 Å². The van der Waals surface area contributed by atoms with Crippen LogP contribution in [0.15, 0.2) is 21.9 Å². The summed E-state index contributed by atoms with van der Waals surface area (Å²) in [5.41, 5.74) is -1.02. The van der Waals surface area contributed by atoms with Gasteiger partial charge in [0.1, 0.15) is 6.54 Å². The first-order chi connectivity index (χ1) is 8.58. The SMILES string of the molecule is C[C@H]1CNCCN1C(=O)Cn1ccc(=O)[nH]c1=O. The van der Waals surface area contributed by atoms with Gasteiger partial charge in [0.15, 0.2) is 0 Å². The summed E-state index contributed by atoms with van der Waals surface area (Å²) >= 11 is 0. The number of piperazine rings is 1. The van der Waals surface area contributed by atoms with Crippen molar-refractivity contribution in [3.8, 4) is 0 Å². The van der Waals surface area contributed by atoms with Crippen molar-refractivity contribution in [2.45, 2.75) is 19.5 Å². The molecule has 2 N–H and O–H groups in total. The van der Waals surface area contributed by atoms with Crippen LogP contribution in [0.2, 0.25) is 0 Å². The molecule has 1 saturated heterocycles. The highest BCUT2D eigenvalue weighted by molar-refractivity contribution is 5.76. The van der Waals surface area contributed by atoms with Gasteiger partial charge in [0, 0.05) is 37.9 Å². The molecule has 1 fully saturated rings. The van der Waals surface area contributed by atoms with Gasteiger partial charge in [-0.05, 0) is 6.92 Å². The molecule has 1 atom stereocenters. The van der Waals surface area contributed by atoms with E-state index >= 15 is 0 Å². The third-order valence-electron chi connectivity index (χ3n) is 3.02. The van der Waals surface area contributed by atoms with Gasteiger partial charge in [-0.3, -0.25) is 19.1 Å². The van der Waals surface area contributed by atoms with Gasteiger partial charge in [0.25, 0.3) is 5.56 Å². The number of aromatic amines is 1. The number of hydrogen-bond acceptors (Lipinski definition) is 4. The maximum absolute atomic E-state index is 12.1. The number of carbonyl (C=O) groups excluding carboxylic acids is 1. The molecule has 0 spiro atoms. The number of hydrogen-bond donors (Lipinski definition) is 2. The Balaban J connectivity index is 2.11. The van der Waals surface area contributed by atoms with Gasteiger partial charge in [-0.15, -0.1) is 0 Å². The second kappa shape index (κ2) is 5.18. The summed E-state index contributed by atoms with van der Waals surface area (Å²) in [7, 11) is 0. The number of rotatable bonds is 2. The summed E-state index contributed by atoms with van der Waals surface area (Å²) in [5, 5.41) is 3.19. The van der Waals surface area contributed by atoms with Crippen LogP contribution in [0.25, 0.3) is 0 Å². The van der Waals surface area contributed by atoms with Crippen LogP contribution < -0.4 is 16.6 Å². The average Bonchev–Trinajstić information content (AvgIpc) is 2.33. The van der Waals surface area contributed by atoms with E-state index < -0.39 is 11.2 Å². The van der Waals surface area contributed by atoms with Crippen LogP contribution in [0.4, 0.5) is 0 Å². The van der Waals surface area contributed by atoms with Crippen LogP contribution >= 0.6 is 0 Å². The molecule has 7 heteroatoms. The molecule has 18 heavy (non-hydrogen) atoms. The zero-order valence-electron chi connectivity index (χ0n) is 10.2. The molecule has 0 saturated carbocycles. The largest absolute Gasteiger partial charge is 0.336 e. The van der Waals surface area contributed by atoms with E-state index in [4.69, 9.17) is 0 Å². The molecule has 0 aromatic carbocycles. The Labute approximate surface area is 103 Å². The molecule has 98 valence electrons. The second-order valence-corrected chi connectivity index (χ2v) is 4.38. The van der Waals surface area contributed by atoms with E-state index in [2.05, 4.69) is 10.3 Å². The average molecular weight is 252 g/mol. The van der Waals surface area contributed by atoms with Crippen molar-refractivity contribution >= 4 is 5.91 Å². The van der Waals surface area contributed by atoms with Crippen molar-refractivity contribution < 1.29 is 4.79 Å². The highest BCUT2D eigenvalue weighted by Gasteiger charge is 2.23. The summed E-state index contributed by atoms with van der Waals surface area (Å²) in [6, 6.07) is 1.35. The van der Waals surface area contributed by atoms with Crippen LogP contribution in [-0.4, -0.2) is 46.0 Å². The van der Waals surface area contributed by atoms with Crippen molar-refractivity contribution in [3.63, 3.8) is 0 Å². The minimum atomic E-state index is -0.557. The standard InChI is InChI=1S/C11H16N4O3/c1-8-6-12-3-5-15(8)10(17)7-14-4-2-9(16)13-11(14)18/h2,4,8,12H,3,5-7H2,1H3,(H,13,16,18)/t8-/m0/s1. The maximum atomic E-state index is 12.1. The Hall–Kier alpha value is -1.89. The molecule has 7 nitrogen and oxygen atoms in total. The fourth-order valence-corrected chi connectivity index (χ4v) is 2.02. The van der Waals surface area contributed by atoms with Gasteiger partial charge in [0.05, 0.1) is 0 Å². The van der Waals surface area contributed by atoms with E-state index in [0.29, 0.717) is 6.54 Å². The number of amides is 1. The highest BCUT2D eigenvalue weighted by atomic mass is 16.2. The summed E-state index contributed by atoms with van der Waals surface area (Å²) in [4.78, 5) is 38.3. The quantitative estimate of drug-likeness (QED) is 0.660. The van der Waals surface area contributed by atoms with E-state index in [1.807, 2.05) is 6.92 Å². The Bertz CT molecular complexity index is 548. The first-order valence-electron chi connectivity index (χ1n) is 5.88. The molecular formula is C11H16N4O3. The van der Waals surface area contributed by atoms with Gasteiger partial charge in [-0.25, -0.2) is 4.79 Å². The molecule has 1 aliphatic rings. The maximum Gasteiger partial charge on any atom is 0.328 e. The van der Waals surface area contributed by atoms with Crippen LogP contribution in [0.1, 0.15) is 6.92 Å². The molecule has 1 aliphatic heterocycles. The number of H-pyrrole nitrogens is 1. The van der Waals surface area contributed by atoms with E-state index in [9.17, 15) is 14.4 Å². The summed E-state index contributed by atoms with van der Waals surface area (Å²) < 4.78 is 1.21. The lowest BCUT2D eigenvalue weighted by molar-refractivity contribution is -0.134. The fraction of sp³-hybridized carbons (Fsp3) is 0.545. The molecule has 1 aromatic rings. The van der Waals surface area contributed by atoms with E-state index in [-0.39, 0.29) is 18.5 Å². The van der Waals surface area contributed by atoms with Crippen LogP contribution in [0, 0.1) is 0 Å². The third-order valence-corrected chi connectivity index (χ3v) is 3.02. The predicted molar refractivity (Wildman–Crippen MR) is 65.4 cm³/mol. The molecule has 1 aromatic heterocycles. The van der Waals surface area contributed by atoms with Crippen LogP contribution in [-0.2, 0) is 11.3 Å². The molecule has 0 aliphatic carbocycles. The lowest BCUT2D eigenvalue weighted by Gasteiger charge is -2.34. The van der Waals surface area contributed by atoms with Crippen molar-refractivity contribution in [1.82, 2.24) is 19.8 Å². The number of nitrogens with zero attached hydrogens (tertiary/aromatic N) is 2. The Kier molecular flexibility index (Phi) is 3.61. The topological polar surface area (TPSA) is 87.2 Å². The minimum absolute atomic E-state index is 0.0417. The van der Waals surface area contributed by atoms with Gasteiger partial charge in [-0.2, -0.15) is 0 Å². The summed E-state index contributed by atoms with van der Waals surface area (Å²) in [5.74, 6) is -0.113. The Morgan fingerprint density at radius 3 is 2.94 bits per heavy atom. The van der Waals surface area contributed by atoms with Crippen LogP contribution in [0.5, 0.6) is 0 Å². The predicted octanol–water partition coefficient (Wildman–Crippen LogP) is -1.64. The normalized spacial score (nSPS) is 19.8. The van der Waals surface area contributed by atoms with E-state index in [1.54, 1.807) is 4.90 Å². The van der Waals surface area contributed by atoms with Crippen LogP contribution in [0.3, 0.4) is 0 Å². The number of carbonyl (C=O) groups is 1. The van der Waals surface area contributed by atoms with E-state index in [0.717, 1.165) is 13.1 Å². The zero-order valence-corrected chi connectivity index (χ0v) is 10.2. The van der Waals surface area contributed by atoms with Crippen molar-refractivity contribution in [3.05, 3.63) is 33.1 Å². The lowest BCUT2D eigenvalue weighted by Crippen LogP contribution is -2.53.